The highest BCUT2D eigenvalue weighted by Gasteiger charge is 2.63. The number of aromatic nitrogens is 2. The zero-order valence-corrected chi connectivity index (χ0v) is 16.4. The summed E-state index contributed by atoms with van der Waals surface area (Å²) in [6.45, 7) is 0.590. The van der Waals surface area contributed by atoms with E-state index < -0.39 is 61.4 Å². The number of halogens is 1. The molecule has 1 aliphatic heterocycles. The highest BCUT2D eigenvalue weighted by atomic mass is 31.2. The summed E-state index contributed by atoms with van der Waals surface area (Å²) in [5.41, 5.74) is -4.08. The van der Waals surface area contributed by atoms with Gasteiger partial charge in [0.2, 0.25) is 0 Å². The SMILES string of the molecule is C[C@H](NP(=O)(O)OC[C@@]1(F)O[C@@H](n2ccc(=O)n(C)c2=O)[C@](C)(O)[C@@H]1O)C(=O)O. The van der Waals surface area contributed by atoms with Crippen molar-refractivity contribution in [1.29, 1.82) is 0 Å². The highest BCUT2D eigenvalue weighted by molar-refractivity contribution is 7.50. The molecule has 13 nitrogen and oxygen atoms in total. The van der Waals surface area contributed by atoms with Crippen LogP contribution in [0.1, 0.15) is 20.1 Å². The molecule has 1 unspecified atom stereocenters. The van der Waals surface area contributed by atoms with Crippen LogP contribution in [0.4, 0.5) is 4.39 Å². The van der Waals surface area contributed by atoms with Crippen molar-refractivity contribution in [1.82, 2.24) is 14.2 Å². The number of nitrogens with one attached hydrogen (secondary N) is 1. The quantitative estimate of drug-likeness (QED) is 0.295. The van der Waals surface area contributed by atoms with Crippen molar-refractivity contribution in [3.05, 3.63) is 33.1 Å². The number of aliphatic hydroxyl groups excluding tert-OH is 1. The number of carbonyl (C=O) groups is 1. The molecule has 0 aliphatic carbocycles. The lowest BCUT2D eigenvalue weighted by Crippen LogP contribution is -2.50. The molecule has 0 bridgehead atoms. The average Bonchev–Trinajstić information content (AvgIpc) is 2.79. The van der Waals surface area contributed by atoms with Crippen LogP contribution in [0.25, 0.3) is 0 Å². The van der Waals surface area contributed by atoms with Crippen LogP contribution in [-0.4, -0.2) is 65.5 Å². The van der Waals surface area contributed by atoms with Crippen molar-refractivity contribution in [2.24, 2.45) is 7.05 Å². The van der Waals surface area contributed by atoms with Gasteiger partial charge in [0.1, 0.15) is 24.4 Å². The van der Waals surface area contributed by atoms with E-state index in [1.807, 2.05) is 0 Å². The van der Waals surface area contributed by atoms with Crippen molar-refractivity contribution in [3.63, 3.8) is 0 Å². The Labute approximate surface area is 162 Å². The lowest BCUT2D eigenvalue weighted by Gasteiger charge is -2.28. The Hall–Kier alpha value is -1.93. The molecule has 164 valence electrons. The minimum Gasteiger partial charge on any atom is -0.480 e. The number of carboxylic acid groups (broad SMARTS) is 1. The molecule has 5 N–H and O–H groups in total. The van der Waals surface area contributed by atoms with Crippen LogP contribution in [0, 0.1) is 0 Å². The molecular formula is C14H21FN3O10P. The van der Waals surface area contributed by atoms with Gasteiger partial charge >= 0.3 is 19.4 Å². The van der Waals surface area contributed by atoms with Gasteiger partial charge in [-0.05, 0) is 13.8 Å². The Kier molecular flexibility index (Phi) is 6.22. The van der Waals surface area contributed by atoms with Gasteiger partial charge in [-0.15, -0.1) is 0 Å². The first kappa shape index (κ1) is 23.3. The predicted molar refractivity (Wildman–Crippen MR) is 92.5 cm³/mol. The normalized spacial score (nSPS) is 32.7. The molecule has 1 aromatic rings. The fourth-order valence-corrected chi connectivity index (χ4v) is 3.70. The molecule has 0 amide bonds. The molecule has 1 saturated heterocycles. The molecule has 1 fully saturated rings. The molecule has 2 rings (SSSR count). The third-order valence-electron chi connectivity index (χ3n) is 4.40. The van der Waals surface area contributed by atoms with Crippen LogP contribution in [0.3, 0.4) is 0 Å². The third-order valence-corrected chi connectivity index (χ3v) is 5.59. The number of hydrogen-bond donors (Lipinski definition) is 5. The number of rotatable bonds is 7. The fourth-order valence-electron chi connectivity index (χ4n) is 2.67. The first-order valence-corrected chi connectivity index (χ1v) is 9.73. The van der Waals surface area contributed by atoms with Gasteiger partial charge in [0.05, 0.1) is 0 Å². The molecule has 1 aliphatic rings. The van der Waals surface area contributed by atoms with Gasteiger partial charge in [0.15, 0.2) is 6.23 Å². The van der Waals surface area contributed by atoms with Crippen LogP contribution in [-0.2, 0) is 25.7 Å². The maximum absolute atomic E-state index is 15.2. The molecule has 0 aromatic carbocycles. The topological polar surface area (TPSA) is 190 Å². The van der Waals surface area contributed by atoms with Crippen molar-refractivity contribution in [3.8, 4) is 0 Å². The summed E-state index contributed by atoms with van der Waals surface area (Å²) >= 11 is 0. The second-order valence-corrected chi connectivity index (χ2v) is 8.33. The van der Waals surface area contributed by atoms with Gasteiger partial charge in [0.25, 0.3) is 11.4 Å². The van der Waals surface area contributed by atoms with E-state index in [2.05, 4.69) is 4.52 Å². The van der Waals surface area contributed by atoms with Crippen molar-refractivity contribution in [2.45, 2.75) is 43.7 Å². The number of aliphatic carboxylic acids is 1. The largest absolute Gasteiger partial charge is 0.480 e. The summed E-state index contributed by atoms with van der Waals surface area (Å²) in [5, 5.41) is 31.2. The smallest absolute Gasteiger partial charge is 0.403 e. The number of ether oxygens (including phenoxy) is 1. The summed E-state index contributed by atoms with van der Waals surface area (Å²) < 4.78 is 37.8. The lowest BCUT2D eigenvalue weighted by molar-refractivity contribution is -0.204. The second-order valence-electron chi connectivity index (χ2n) is 6.77. The van der Waals surface area contributed by atoms with Gasteiger partial charge in [-0.2, -0.15) is 0 Å². The summed E-state index contributed by atoms with van der Waals surface area (Å²) in [5.74, 6) is -4.73. The Morgan fingerprint density at radius 2 is 2.10 bits per heavy atom. The first-order valence-electron chi connectivity index (χ1n) is 8.15. The number of carboxylic acids is 1. The zero-order valence-electron chi connectivity index (χ0n) is 15.6. The highest BCUT2D eigenvalue weighted by Crippen LogP contribution is 2.47. The Morgan fingerprint density at radius 1 is 1.52 bits per heavy atom. The zero-order chi connectivity index (χ0) is 22.4. The molecule has 1 aromatic heterocycles. The summed E-state index contributed by atoms with van der Waals surface area (Å²) in [7, 11) is -3.71. The Bertz CT molecular complexity index is 962. The van der Waals surface area contributed by atoms with Crippen molar-refractivity contribution in [2.75, 3.05) is 6.61 Å². The molecular weight excluding hydrogens is 420 g/mol. The maximum atomic E-state index is 15.2. The number of nitrogens with zero attached hydrogens (tertiary/aromatic N) is 2. The van der Waals surface area contributed by atoms with Gasteiger partial charge in [-0.25, -0.2) is 18.8 Å². The van der Waals surface area contributed by atoms with E-state index in [-0.39, 0.29) is 0 Å². The van der Waals surface area contributed by atoms with Crippen molar-refractivity contribution < 1.29 is 43.2 Å². The number of aliphatic hydroxyl groups is 2. The number of alkyl halides is 1. The Balaban J connectivity index is 2.28. The second kappa shape index (κ2) is 7.72. The van der Waals surface area contributed by atoms with E-state index in [1.54, 1.807) is 5.09 Å². The molecule has 15 heteroatoms. The van der Waals surface area contributed by atoms with E-state index in [0.29, 0.717) is 9.13 Å². The predicted octanol–water partition coefficient (Wildman–Crippen LogP) is -1.97. The van der Waals surface area contributed by atoms with Gasteiger partial charge in [-0.1, -0.05) is 0 Å². The first-order chi connectivity index (χ1) is 13.1. The minimum atomic E-state index is -4.84. The van der Waals surface area contributed by atoms with Gasteiger partial charge < -0.3 is 24.9 Å². The standard InChI is InChI=1S/C14H21FN3O10P/c1-7(9(20)21)16-29(25,26)27-6-14(15)10(22)13(2,24)11(28-14)18-5-4-8(19)17(3)12(18)23/h4-5,7,10-11,22,24H,6H2,1-3H3,(H,20,21)(H2,16,25,26)/t7-,10-,11+,13+,14+/m0/s1. The summed E-state index contributed by atoms with van der Waals surface area (Å²) in [6.07, 6.45) is -3.24. The molecule has 2 heterocycles. The lowest BCUT2D eigenvalue weighted by atomic mass is 9.95. The molecule has 0 saturated carbocycles. The Morgan fingerprint density at radius 3 is 2.66 bits per heavy atom. The molecule has 29 heavy (non-hydrogen) atoms. The van der Waals surface area contributed by atoms with Crippen LogP contribution in [0.15, 0.2) is 21.9 Å². The van der Waals surface area contributed by atoms with E-state index in [4.69, 9.17) is 9.84 Å². The van der Waals surface area contributed by atoms with E-state index >= 15 is 4.39 Å². The minimum absolute atomic E-state index is 0.652. The summed E-state index contributed by atoms with van der Waals surface area (Å²) in [6, 6.07) is -0.572. The molecule has 0 spiro atoms. The van der Waals surface area contributed by atoms with E-state index in [1.165, 1.54) is 0 Å². The third kappa shape index (κ3) is 4.48. The van der Waals surface area contributed by atoms with Crippen LogP contribution < -0.4 is 16.3 Å². The number of hydrogen-bond acceptors (Lipinski definition) is 8. The maximum Gasteiger partial charge on any atom is 0.403 e. The van der Waals surface area contributed by atoms with Crippen LogP contribution in [0.5, 0.6) is 0 Å². The molecule has 0 radical (unpaired) electrons. The van der Waals surface area contributed by atoms with E-state index in [0.717, 1.165) is 33.2 Å². The molecule has 6 atom stereocenters. The van der Waals surface area contributed by atoms with Crippen LogP contribution >= 0.6 is 7.75 Å². The van der Waals surface area contributed by atoms with E-state index in [9.17, 15) is 34.1 Å². The monoisotopic (exact) mass is 441 g/mol. The van der Waals surface area contributed by atoms with Gasteiger partial charge in [-0.3, -0.25) is 23.2 Å². The summed E-state index contributed by atoms with van der Waals surface area (Å²) in [4.78, 5) is 44.1. The average molecular weight is 441 g/mol. The fraction of sp³-hybridized carbons (Fsp3) is 0.643. The van der Waals surface area contributed by atoms with Gasteiger partial charge in [0, 0.05) is 19.3 Å². The van der Waals surface area contributed by atoms with Crippen LogP contribution in [0.2, 0.25) is 0 Å². The van der Waals surface area contributed by atoms with Crippen molar-refractivity contribution >= 4 is 13.7 Å².